The van der Waals surface area contributed by atoms with Crippen molar-refractivity contribution in [3.05, 3.63) is 27.4 Å². The van der Waals surface area contributed by atoms with E-state index in [2.05, 4.69) is 9.72 Å². The molecule has 0 bridgehead atoms. The van der Waals surface area contributed by atoms with E-state index in [0.29, 0.717) is 6.07 Å². The van der Waals surface area contributed by atoms with Gasteiger partial charge in [0.1, 0.15) is 0 Å². The normalized spacial score (nSPS) is 10.6. The number of aliphatic hydroxyl groups excluding tert-OH is 1. The molecular weight excluding hydrogens is 226 g/mol. The van der Waals surface area contributed by atoms with Crippen molar-refractivity contribution in [1.29, 1.82) is 0 Å². The van der Waals surface area contributed by atoms with Crippen LogP contribution in [-0.4, -0.2) is 22.1 Å². The minimum absolute atomic E-state index is 0.336. The number of methoxy groups -OCH3 is 1. The fourth-order valence-electron chi connectivity index (χ4n) is 1.13. The Balaban J connectivity index is 3.40. The molecule has 8 heteroatoms. The second-order valence-corrected chi connectivity index (χ2v) is 2.77. The van der Waals surface area contributed by atoms with Crippen LogP contribution in [0.2, 0.25) is 0 Å². The molecule has 0 amide bonds. The van der Waals surface area contributed by atoms with E-state index in [9.17, 15) is 18.9 Å². The van der Waals surface area contributed by atoms with Crippen LogP contribution in [-0.2, 0) is 6.61 Å². The van der Waals surface area contributed by atoms with Crippen molar-refractivity contribution in [3.8, 4) is 5.88 Å². The Bertz CT molecular complexity index is 411. The van der Waals surface area contributed by atoms with Gasteiger partial charge in [-0.3, -0.25) is 10.1 Å². The van der Waals surface area contributed by atoms with Crippen LogP contribution in [0.3, 0.4) is 0 Å². The average molecular weight is 234 g/mol. The minimum Gasteiger partial charge on any atom is -0.476 e. The highest BCUT2D eigenvalue weighted by molar-refractivity contribution is 5.45. The van der Waals surface area contributed by atoms with Gasteiger partial charge in [0.05, 0.1) is 24.3 Å². The lowest BCUT2D eigenvalue weighted by Gasteiger charge is -2.08. The van der Waals surface area contributed by atoms with Gasteiger partial charge in [-0.15, -0.1) is 0 Å². The molecule has 16 heavy (non-hydrogen) atoms. The Hall–Kier alpha value is -1.83. The van der Waals surface area contributed by atoms with Gasteiger partial charge in [-0.05, 0) is 0 Å². The molecule has 0 fully saturated rings. The molecule has 0 saturated heterocycles. The maximum atomic E-state index is 12.5. The van der Waals surface area contributed by atoms with E-state index in [-0.39, 0.29) is 5.69 Å². The van der Waals surface area contributed by atoms with Gasteiger partial charge in [-0.2, -0.15) is 0 Å². The largest absolute Gasteiger partial charge is 0.476 e. The molecule has 1 aromatic rings. The minimum atomic E-state index is -2.95. The van der Waals surface area contributed by atoms with E-state index in [1.54, 1.807) is 0 Å². The van der Waals surface area contributed by atoms with Crippen LogP contribution in [0.1, 0.15) is 17.7 Å². The molecule has 1 rings (SSSR count). The van der Waals surface area contributed by atoms with Crippen LogP contribution in [0.4, 0.5) is 14.5 Å². The predicted octanol–water partition coefficient (Wildman–Crippen LogP) is 1.43. The molecule has 0 spiro atoms. The topological polar surface area (TPSA) is 85.5 Å². The summed E-state index contributed by atoms with van der Waals surface area (Å²) in [5, 5.41) is 19.3. The first-order valence-electron chi connectivity index (χ1n) is 4.12. The third-order valence-corrected chi connectivity index (χ3v) is 1.86. The summed E-state index contributed by atoms with van der Waals surface area (Å²) in [6.07, 6.45) is -2.95. The van der Waals surface area contributed by atoms with E-state index < -0.39 is 35.1 Å². The van der Waals surface area contributed by atoms with Gasteiger partial charge in [-0.25, -0.2) is 13.8 Å². The summed E-state index contributed by atoms with van der Waals surface area (Å²) in [4.78, 5) is 13.1. The number of nitro groups is 1. The van der Waals surface area contributed by atoms with E-state index in [1.165, 1.54) is 0 Å². The number of nitrogens with zero attached hydrogens (tertiary/aromatic N) is 2. The summed E-state index contributed by atoms with van der Waals surface area (Å²) < 4.78 is 29.5. The fraction of sp³-hybridized carbons (Fsp3) is 0.375. The van der Waals surface area contributed by atoms with Crippen LogP contribution in [0, 0.1) is 10.1 Å². The van der Waals surface area contributed by atoms with Gasteiger partial charge < -0.3 is 9.84 Å². The SMILES string of the molecule is COc1nc(CO)c(C(F)F)cc1[N+](=O)[O-]. The number of alkyl halides is 2. The Kier molecular flexibility index (Phi) is 3.67. The van der Waals surface area contributed by atoms with Crippen LogP contribution in [0.5, 0.6) is 5.88 Å². The molecule has 1 N–H and O–H groups in total. The zero-order valence-corrected chi connectivity index (χ0v) is 8.18. The average Bonchev–Trinajstić information content (AvgIpc) is 2.26. The highest BCUT2D eigenvalue weighted by atomic mass is 19.3. The lowest BCUT2D eigenvalue weighted by Crippen LogP contribution is -2.04. The maximum absolute atomic E-state index is 12.5. The fourth-order valence-corrected chi connectivity index (χ4v) is 1.13. The zero-order chi connectivity index (χ0) is 12.3. The molecule has 88 valence electrons. The van der Waals surface area contributed by atoms with Crippen LogP contribution >= 0.6 is 0 Å². The quantitative estimate of drug-likeness (QED) is 0.629. The second kappa shape index (κ2) is 4.79. The van der Waals surface area contributed by atoms with Crippen LogP contribution in [0.25, 0.3) is 0 Å². The molecule has 0 unspecified atom stereocenters. The van der Waals surface area contributed by atoms with Gasteiger partial charge in [0.15, 0.2) is 0 Å². The molecule has 0 aliphatic carbocycles. The molecular formula is C8H8F2N2O4. The monoisotopic (exact) mass is 234 g/mol. The smallest absolute Gasteiger partial charge is 0.331 e. The number of aliphatic hydroxyl groups is 1. The predicted molar refractivity (Wildman–Crippen MR) is 48.3 cm³/mol. The first kappa shape index (κ1) is 12.2. The highest BCUT2D eigenvalue weighted by Crippen LogP contribution is 2.31. The summed E-state index contributed by atoms with van der Waals surface area (Å²) >= 11 is 0. The van der Waals surface area contributed by atoms with Crippen molar-refractivity contribution in [1.82, 2.24) is 4.98 Å². The van der Waals surface area contributed by atoms with Gasteiger partial charge in [0, 0.05) is 11.6 Å². The third kappa shape index (κ3) is 2.22. The molecule has 0 atom stereocenters. The highest BCUT2D eigenvalue weighted by Gasteiger charge is 2.24. The lowest BCUT2D eigenvalue weighted by atomic mass is 10.2. The Morgan fingerprint density at radius 2 is 2.31 bits per heavy atom. The van der Waals surface area contributed by atoms with E-state index in [4.69, 9.17) is 5.11 Å². The summed E-state index contributed by atoms with van der Waals surface area (Å²) in [6.45, 7) is -0.742. The van der Waals surface area contributed by atoms with E-state index in [0.717, 1.165) is 7.11 Å². The van der Waals surface area contributed by atoms with Gasteiger partial charge in [0.25, 0.3) is 12.3 Å². The van der Waals surface area contributed by atoms with Crippen molar-refractivity contribution < 1.29 is 23.5 Å². The number of hydrogen-bond acceptors (Lipinski definition) is 5. The molecule has 6 nitrogen and oxygen atoms in total. The number of pyridine rings is 1. The number of hydrogen-bond donors (Lipinski definition) is 1. The molecule has 0 radical (unpaired) electrons. The van der Waals surface area contributed by atoms with Gasteiger partial charge in [0.2, 0.25) is 0 Å². The Labute approximate surface area is 88.6 Å². The van der Waals surface area contributed by atoms with E-state index in [1.807, 2.05) is 0 Å². The summed E-state index contributed by atoms with van der Waals surface area (Å²) in [7, 11) is 1.12. The summed E-state index contributed by atoms with van der Waals surface area (Å²) in [5.41, 5.74) is -1.66. The summed E-state index contributed by atoms with van der Waals surface area (Å²) in [6, 6.07) is 0.655. The maximum Gasteiger partial charge on any atom is 0.331 e. The number of aromatic nitrogens is 1. The first-order valence-corrected chi connectivity index (χ1v) is 4.12. The molecule has 1 heterocycles. The number of halogens is 2. The Morgan fingerprint density at radius 3 is 2.69 bits per heavy atom. The van der Waals surface area contributed by atoms with E-state index >= 15 is 0 Å². The number of ether oxygens (including phenoxy) is 1. The molecule has 0 aliphatic rings. The van der Waals surface area contributed by atoms with Crippen molar-refractivity contribution in [2.75, 3.05) is 7.11 Å². The Morgan fingerprint density at radius 1 is 1.69 bits per heavy atom. The van der Waals surface area contributed by atoms with Gasteiger partial charge in [-0.1, -0.05) is 0 Å². The van der Waals surface area contributed by atoms with Crippen molar-refractivity contribution in [2.45, 2.75) is 13.0 Å². The van der Waals surface area contributed by atoms with Crippen LogP contribution < -0.4 is 4.74 Å². The molecule has 0 aromatic carbocycles. The summed E-state index contributed by atoms with van der Waals surface area (Å²) in [5.74, 6) is -0.404. The lowest BCUT2D eigenvalue weighted by molar-refractivity contribution is -0.386. The van der Waals surface area contributed by atoms with Crippen molar-refractivity contribution in [2.24, 2.45) is 0 Å². The first-order chi connectivity index (χ1) is 7.51. The van der Waals surface area contributed by atoms with Crippen molar-refractivity contribution in [3.63, 3.8) is 0 Å². The molecule has 1 aromatic heterocycles. The van der Waals surface area contributed by atoms with Crippen molar-refractivity contribution >= 4 is 5.69 Å². The molecule has 0 saturated carbocycles. The van der Waals surface area contributed by atoms with Gasteiger partial charge >= 0.3 is 5.69 Å². The second-order valence-electron chi connectivity index (χ2n) is 2.77. The standard InChI is InChI=1S/C8H8F2N2O4/c1-16-8-6(12(14)15)2-4(7(9)10)5(3-13)11-8/h2,7,13H,3H2,1H3. The molecule has 0 aliphatic heterocycles. The zero-order valence-electron chi connectivity index (χ0n) is 8.18. The third-order valence-electron chi connectivity index (χ3n) is 1.86. The number of rotatable bonds is 4. The van der Waals surface area contributed by atoms with Crippen LogP contribution in [0.15, 0.2) is 6.07 Å².